The number of piperidine rings is 1. The first-order valence-electron chi connectivity index (χ1n) is 8.24. The summed E-state index contributed by atoms with van der Waals surface area (Å²) < 4.78 is 30.4. The predicted molar refractivity (Wildman–Crippen MR) is 94.8 cm³/mol. The summed E-state index contributed by atoms with van der Waals surface area (Å²) in [5.41, 5.74) is 1.69. The molecule has 0 spiro atoms. The van der Waals surface area contributed by atoms with Crippen LogP contribution in [0.2, 0.25) is 0 Å². The van der Waals surface area contributed by atoms with Crippen LogP contribution in [0.25, 0.3) is 0 Å². The van der Waals surface area contributed by atoms with Gasteiger partial charge in [-0.1, -0.05) is 18.2 Å². The van der Waals surface area contributed by atoms with Gasteiger partial charge in [0.25, 0.3) is 0 Å². The molecule has 0 radical (unpaired) electrons. The SMILES string of the molecule is Cl.Fc1ccc(C2(OCc3ccc4c(c3)OCO4)CCNCC2)cc1. The maximum absolute atomic E-state index is 13.3. The quantitative estimate of drug-likeness (QED) is 0.895. The van der Waals surface area contributed by atoms with Gasteiger partial charge in [0.05, 0.1) is 12.2 Å². The molecule has 134 valence electrons. The average Bonchev–Trinajstić information content (AvgIpc) is 3.09. The van der Waals surface area contributed by atoms with Crippen LogP contribution < -0.4 is 14.8 Å². The zero-order valence-electron chi connectivity index (χ0n) is 13.8. The van der Waals surface area contributed by atoms with Crippen molar-refractivity contribution >= 4 is 12.4 Å². The molecule has 4 nitrogen and oxygen atoms in total. The van der Waals surface area contributed by atoms with Crippen molar-refractivity contribution < 1.29 is 18.6 Å². The summed E-state index contributed by atoms with van der Waals surface area (Å²) in [5.74, 6) is 1.31. The highest BCUT2D eigenvalue weighted by Gasteiger charge is 2.35. The van der Waals surface area contributed by atoms with Gasteiger partial charge in [0, 0.05) is 0 Å². The van der Waals surface area contributed by atoms with Gasteiger partial charge in [0.1, 0.15) is 5.82 Å². The maximum Gasteiger partial charge on any atom is 0.231 e. The fraction of sp³-hybridized carbons (Fsp3) is 0.368. The molecule has 0 saturated carbocycles. The van der Waals surface area contributed by atoms with E-state index in [1.807, 2.05) is 30.3 Å². The molecule has 1 saturated heterocycles. The van der Waals surface area contributed by atoms with Gasteiger partial charge in [-0.25, -0.2) is 4.39 Å². The molecule has 1 fully saturated rings. The molecule has 0 unspecified atom stereocenters. The number of hydrogen-bond acceptors (Lipinski definition) is 4. The molecule has 2 aliphatic rings. The molecule has 1 N–H and O–H groups in total. The topological polar surface area (TPSA) is 39.7 Å². The lowest BCUT2D eigenvalue weighted by Crippen LogP contribution is -2.41. The van der Waals surface area contributed by atoms with Gasteiger partial charge in [0.15, 0.2) is 11.5 Å². The molecule has 2 aromatic rings. The van der Waals surface area contributed by atoms with E-state index in [0.29, 0.717) is 6.61 Å². The predicted octanol–water partition coefficient (Wildman–Crippen LogP) is 3.77. The fourth-order valence-electron chi connectivity index (χ4n) is 3.35. The first kappa shape index (κ1) is 18.0. The van der Waals surface area contributed by atoms with Gasteiger partial charge in [-0.05, 0) is 61.3 Å². The average molecular weight is 366 g/mol. The van der Waals surface area contributed by atoms with Crippen LogP contribution in [-0.4, -0.2) is 19.9 Å². The Kier molecular flexibility index (Phi) is 5.47. The molecule has 4 rings (SSSR count). The summed E-state index contributed by atoms with van der Waals surface area (Å²) >= 11 is 0. The molecule has 2 aromatic carbocycles. The Balaban J connectivity index is 0.00000182. The van der Waals surface area contributed by atoms with E-state index in [1.165, 1.54) is 12.1 Å². The van der Waals surface area contributed by atoms with Crippen molar-refractivity contribution in [3.63, 3.8) is 0 Å². The van der Waals surface area contributed by atoms with Crippen molar-refractivity contribution in [3.8, 4) is 11.5 Å². The molecule has 0 bridgehead atoms. The van der Waals surface area contributed by atoms with E-state index in [1.54, 1.807) is 0 Å². The fourth-order valence-corrected chi connectivity index (χ4v) is 3.35. The molecular formula is C19H21ClFNO3. The number of nitrogens with one attached hydrogen (secondary N) is 1. The van der Waals surface area contributed by atoms with Crippen LogP contribution in [0.5, 0.6) is 11.5 Å². The van der Waals surface area contributed by atoms with Gasteiger partial charge in [-0.15, -0.1) is 12.4 Å². The second-order valence-corrected chi connectivity index (χ2v) is 6.23. The Morgan fingerprint density at radius 3 is 2.48 bits per heavy atom. The van der Waals surface area contributed by atoms with Crippen LogP contribution in [-0.2, 0) is 16.9 Å². The number of hydrogen-bond donors (Lipinski definition) is 1. The summed E-state index contributed by atoms with van der Waals surface area (Å²) in [6, 6.07) is 12.5. The van der Waals surface area contributed by atoms with Crippen molar-refractivity contribution in [1.82, 2.24) is 5.32 Å². The van der Waals surface area contributed by atoms with Gasteiger partial charge < -0.3 is 19.5 Å². The highest BCUT2D eigenvalue weighted by molar-refractivity contribution is 5.85. The Labute approximate surface area is 152 Å². The van der Waals surface area contributed by atoms with Crippen LogP contribution in [0.3, 0.4) is 0 Å². The number of rotatable bonds is 4. The molecule has 0 aliphatic carbocycles. The summed E-state index contributed by atoms with van der Waals surface area (Å²) in [6.07, 6.45) is 1.73. The minimum absolute atomic E-state index is 0. The molecule has 0 aromatic heterocycles. The van der Waals surface area contributed by atoms with E-state index >= 15 is 0 Å². The summed E-state index contributed by atoms with van der Waals surface area (Å²) in [7, 11) is 0. The largest absolute Gasteiger partial charge is 0.454 e. The summed E-state index contributed by atoms with van der Waals surface area (Å²) in [4.78, 5) is 0. The van der Waals surface area contributed by atoms with Gasteiger partial charge >= 0.3 is 0 Å². The number of fused-ring (bicyclic) bond motifs is 1. The maximum atomic E-state index is 13.3. The Morgan fingerprint density at radius 1 is 1.00 bits per heavy atom. The third-order valence-electron chi connectivity index (χ3n) is 4.73. The third kappa shape index (κ3) is 3.73. The van der Waals surface area contributed by atoms with Crippen LogP contribution in [0.1, 0.15) is 24.0 Å². The lowest BCUT2D eigenvalue weighted by molar-refractivity contribution is -0.0820. The van der Waals surface area contributed by atoms with Crippen LogP contribution in [0.4, 0.5) is 4.39 Å². The Bertz CT molecular complexity index is 717. The van der Waals surface area contributed by atoms with Crippen LogP contribution in [0, 0.1) is 5.82 Å². The second-order valence-electron chi connectivity index (χ2n) is 6.23. The number of benzene rings is 2. The zero-order valence-corrected chi connectivity index (χ0v) is 14.6. The van der Waals surface area contributed by atoms with E-state index in [2.05, 4.69) is 5.32 Å². The van der Waals surface area contributed by atoms with Crippen LogP contribution >= 0.6 is 12.4 Å². The summed E-state index contributed by atoms with van der Waals surface area (Å²) in [5, 5.41) is 3.36. The summed E-state index contributed by atoms with van der Waals surface area (Å²) in [6.45, 7) is 2.52. The monoisotopic (exact) mass is 365 g/mol. The highest BCUT2D eigenvalue weighted by atomic mass is 35.5. The van der Waals surface area contributed by atoms with E-state index in [0.717, 1.165) is 48.6 Å². The minimum Gasteiger partial charge on any atom is -0.454 e. The van der Waals surface area contributed by atoms with Crippen molar-refractivity contribution in [2.45, 2.75) is 25.0 Å². The van der Waals surface area contributed by atoms with Gasteiger partial charge in [-0.2, -0.15) is 0 Å². The molecule has 2 heterocycles. The van der Waals surface area contributed by atoms with E-state index in [4.69, 9.17) is 14.2 Å². The first-order chi connectivity index (χ1) is 11.8. The van der Waals surface area contributed by atoms with Crippen molar-refractivity contribution in [3.05, 3.63) is 59.4 Å². The second kappa shape index (κ2) is 7.60. The standard InChI is InChI=1S/C19H20FNO3.ClH/c20-16-4-2-15(3-5-16)19(7-9-21-10-8-19)24-12-14-1-6-17-18(11-14)23-13-22-17;/h1-6,11,21H,7-10,12-13H2;1H. The lowest BCUT2D eigenvalue weighted by atomic mass is 9.84. The normalized spacial score (nSPS) is 17.8. The smallest absolute Gasteiger partial charge is 0.231 e. The van der Waals surface area contributed by atoms with E-state index < -0.39 is 0 Å². The van der Waals surface area contributed by atoms with Gasteiger partial charge in [-0.3, -0.25) is 0 Å². The minimum atomic E-state index is -0.380. The Morgan fingerprint density at radius 2 is 1.72 bits per heavy atom. The van der Waals surface area contributed by atoms with Crippen molar-refractivity contribution in [1.29, 1.82) is 0 Å². The molecule has 25 heavy (non-hydrogen) atoms. The molecule has 0 atom stereocenters. The number of ether oxygens (including phenoxy) is 3. The molecule has 2 aliphatic heterocycles. The van der Waals surface area contributed by atoms with Crippen molar-refractivity contribution in [2.24, 2.45) is 0 Å². The first-order valence-corrected chi connectivity index (χ1v) is 8.24. The Hall–Kier alpha value is -1.82. The molecule has 0 amide bonds. The lowest BCUT2D eigenvalue weighted by Gasteiger charge is -2.38. The van der Waals surface area contributed by atoms with Crippen LogP contribution in [0.15, 0.2) is 42.5 Å². The van der Waals surface area contributed by atoms with E-state index in [9.17, 15) is 4.39 Å². The zero-order chi connectivity index (χ0) is 16.4. The van der Waals surface area contributed by atoms with Gasteiger partial charge in [0.2, 0.25) is 6.79 Å². The number of halogens is 2. The van der Waals surface area contributed by atoms with Crippen molar-refractivity contribution in [2.75, 3.05) is 19.9 Å². The third-order valence-corrected chi connectivity index (χ3v) is 4.73. The molecule has 6 heteroatoms. The molecular weight excluding hydrogens is 345 g/mol. The van der Waals surface area contributed by atoms with E-state index in [-0.39, 0.29) is 30.6 Å². The highest BCUT2D eigenvalue weighted by Crippen LogP contribution is 2.37.